The molecule has 2 aromatic rings. The van der Waals surface area contributed by atoms with Crippen molar-refractivity contribution in [2.45, 2.75) is 13.5 Å². The fourth-order valence-electron chi connectivity index (χ4n) is 1.48. The first-order chi connectivity index (χ1) is 8.04. The number of anilines is 1. The molecule has 0 bridgehead atoms. The zero-order valence-corrected chi connectivity index (χ0v) is 11.8. The molecule has 2 rings (SSSR count). The van der Waals surface area contributed by atoms with Crippen molar-refractivity contribution in [3.8, 4) is 0 Å². The highest BCUT2D eigenvalue weighted by molar-refractivity contribution is 7.09. The summed E-state index contributed by atoms with van der Waals surface area (Å²) in [6.07, 6.45) is 0. The maximum Gasteiger partial charge on any atom is 0.205 e. The van der Waals surface area contributed by atoms with Crippen LogP contribution in [0.1, 0.15) is 11.4 Å². The molecule has 0 aliphatic heterocycles. The van der Waals surface area contributed by atoms with Crippen LogP contribution in [-0.4, -0.2) is 16.4 Å². The van der Waals surface area contributed by atoms with E-state index in [0.717, 1.165) is 16.5 Å². The molecule has 0 aliphatic carbocycles. The predicted molar refractivity (Wildman–Crippen MR) is 73.2 cm³/mol. The number of nitrogens with zero attached hydrogens (tertiary/aromatic N) is 3. The first-order valence-corrected chi connectivity index (χ1v) is 6.54. The number of hydrogen-bond acceptors (Lipinski definition) is 4. The molecule has 0 spiro atoms. The zero-order valence-electron chi connectivity index (χ0n) is 9.44. The Kier molecular flexibility index (Phi) is 3.86. The largest absolute Gasteiger partial charge is 0.346 e. The summed E-state index contributed by atoms with van der Waals surface area (Å²) >= 11 is 13.3. The van der Waals surface area contributed by atoms with Gasteiger partial charge in [-0.1, -0.05) is 23.2 Å². The van der Waals surface area contributed by atoms with E-state index in [9.17, 15) is 0 Å². The van der Waals surface area contributed by atoms with Crippen molar-refractivity contribution in [2.24, 2.45) is 0 Å². The summed E-state index contributed by atoms with van der Waals surface area (Å²) in [5.41, 5.74) is 1.05. The highest BCUT2D eigenvalue weighted by Gasteiger charge is 2.08. The van der Waals surface area contributed by atoms with Crippen LogP contribution in [0.25, 0.3) is 0 Å². The van der Waals surface area contributed by atoms with Gasteiger partial charge in [-0.15, -0.1) is 0 Å². The lowest BCUT2D eigenvalue weighted by Gasteiger charge is -2.15. The molecule has 1 aromatic carbocycles. The fraction of sp³-hybridized carbons (Fsp3) is 0.273. The minimum atomic E-state index is 0.648. The lowest BCUT2D eigenvalue weighted by Crippen LogP contribution is -2.16. The molecule has 0 amide bonds. The van der Waals surface area contributed by atoms with Crippen molar-refractivity contribution in [1.82, 2.24) is 9.36 Å². The van der Waals surface area contributed by atoms with E-state index in [1.165, 1.54) is 11.5 Å². The lowest BCUT2D eigenvalue weighted by atomic mass is 10.2. The molecule has 0 fully saturated rings. The van der Waals surface area contributed by atoms with E-state index in [0.29, 0.717) is 16.6 Å². The van der Waals surface area contributed by atoms with Gasteiger partial charge in [0, 0.05) is 35.2 Å². The Bertz CT molecular complexity index is 507. The summed E-state index contributed by atoms with van der Waals surface area (Å²) in [6, 6.07) is 5.53. The Morgan fingerprint density at radius 2 is 1.88 bits per heavy atom. The molecule has 17 heavy (non-hydrogen) atoms. The summed E-state index contributed by atoms with van der Waals surface area (Å²) in [5, 5.41) is 2.18. The van der Waals surface area contributed by atoms with Gasteiger partial charge in [0.05, 0.1) is 0 Å². The summed E-state index contributed by atoms with van der Waals surface area (Å²) in [7, 11) is 1.97. The summed E-state index contributed by atoms with van der Waals surface area (Å²) < 4.78 is 4.15. The molecule has 1 aromatic heterocycles. The van der Waals surface area contributed by atoms with E-state index in [1.807, 2.05) is 31.0 Å². The van der Waals surface area contributed by atoms with E-state index in [-0.39, 0.29) is 0 Å². The number of halogens is 2. The van der Waals surface area contributed by atoms with Gasteiger partial charge in [0.1, 0.15) is 5.82 Å². The number of benzene rings is 1. The van der Waals surface area contributed by atoms with Crippen LogP contribution in [0.3, 0.4) is 0 Å². The van der Waals surface area contributed by atoms with Crippen LogP contribution in [0.15, 0.2) is 18.2 Å². The van der Waals surface area contributed by atoms with Gasteiger partial charge in [-0.25, -0.2) is 4.98 Å². The quantitative estimate of drug-likeness (QED) is 0.860. The summed E-state index contributed by atoms with van der Waals surface area (Å²) in [4.78, 5) is 6.34. The molecular formula is C11H11Cl2N3S. The van der Waals surface area contributed by atoms with E-state index >= 15 is 0 Å². The van der Waals surface area contributed by atoms with Crippen LogP contribution in [0.4, 0.5) is 5.13 Å². The summed E-state index contributed by atoms with van der Waals surface area (Å²) in [5.74, 6) is 0.793. The van der Waals surface area contributed by atoms with Crippen molar-refractivity contribution in [3.63, 3.8) is 0 Å². The molecule has 3 nitrogen and oxygen atoms in total. The van der Waals surface area contributed by atoms with Crippen LogP contribution in [0.2, 0.25) is 10.0 Å². The topological polar surface area (TPSA) is 29.0 Å². The third-order valence-corrected chi connectivity index (χ3v) is 3.54. The Balaban J connectivity index is 2.15. The first kappa shape index (κ1) is 12.6. The normalized spacial score (nSPS) is 10.6. The van der Waals surface area contributed by atoms with E-state index in [4.69, 9.17) is 23.2 Å². The monoisotopic (exact) mass is 287 g/mol. The Hall–Kier alpha value is -0.840. The van der Waals surface area contributed by atoms with Gasteiger partial charge in [0.15, 0.2) is 0 Å². The molecule has 0 saturated carbocycles. The van der Waals surface area contributed by atoms with Crippen molar-refractivity contribution >= 4 is 39.9 Å². The van der Waals surface area contributed by atoms with Crippen LogP contribution >= 0.6 is 34.7 Å². The average Bonchev–Trinajstić information content (AvgIpc) is 2.63. The number of hydrogen-bond donors (Lipinski definition) is 0. The Labute approximate surface area is 114 Å². The van der Waals surface area contributed by atoms with Crippen LogP contribution < -0.4 is 4.90 Å². The third-order valence-electron chi connectivity index (χ3n) is 2.19. The van der Waals surface area contributed by atoms with E-state index in [1.54, 1.807) is 6.07 Å². The Morgan fingerprint density at radius 1 is 1.24 bits per heavy atom. The molecule has 0 saturated heterocycles. The van der Waals surface area contributed by atoms with Crippen molar-refractivity contribution in [1.29, 1.82) is 0 Å². The molecular weight excluding hydrogens is 277 g/mol. The van der Waals surface area contributed by atoms with Gasteiger partial charge in [-0.05, 0) is 30.7 Å². The molecule has 90 valence electrons. The maximum absolute atomic E-state index is 5.96. The second-order valence-electron chi connectivity index (χ2n) is 3.76. The van der Waals surface area contributed by atoms with Gasteiger partial charge in [0.25, 0.3) is 0 Å². The lowest BCUT2D eigenvalue weighted by molar-refractivity contribution is 0.909. The van der Waals surface area contributed by atoms with Gasteiger partial charge < -0.3 is 4.90 Å². The molecule has 0 aliphatic rings. The van der Waals surface area contributed by atoms with Crippen molar-refractivity contribution < 1.29 is 0 Å². The standard InChI is InChI=1S/C11H11Cl2N3S/c1-7-14-11(17-15-7)16(2)6-8-3-9(12)5-10(13)4-8/h3-5H,6H2,1-2H3. The van der Waals surface area contributed by atoms with Gasteiger partial charge in [-0.3, -0.25) is 0 Å². The molecule has 0 unspecified atom stereocenters. The van der Waals surface area contributed by atoms with E-state index in [2.05, 4.69) is 9.36 Å². The highest BCUT2D eigenvalue weighted by atomic mass is 35.5. The number of aromatic nitrogens is 2. The third kappa shape index (κ3) is 3.31. The average molecular weight is 288 g/mol. The Morgan fingerprint density at radius 3 is 2.41 bits per heavy atom. The van der Waals surface area contributed by atoms with E-state index < -0.39 is 0 Å². The highest BCUT2D eigenvalue weighted by Crippen LogP contribution is 2.22. The van der Waals surface area contributed by atoms with Crippen LogP contribution in [0, 0.1) is 6.92 Å². The van der Waals surface area contributed by atoms with Gasteiger partial charge in [0.2, 0.25) is 5.13 Å². The first-order valence-electron chi connectivity index (χ1n) is 5.01. The molecule has 0 atom stereocenters. The summed E-state index contributed by atoms with van der Waals surface area (Å²) in [6.45, 7) is 2.58. The second-order valence-corrected chi connectivity index (χ2v) is 5.36. The van der Waals surface area contributed by atoms with Crippen LogP contribution in [-0.2, 0) is 6.54 Å². The van der Waals surface area contributed by atoms with Gasteiger partial charge in [-0.2, -0.15) is 4.37 Å². The molecule has 1 heterocycles. The minimum absolute atomic E-state index is 0.648. The molecule has 0 N–H and O–H groups in total. The van der Waals surface area contributed by atoms with Crippen molar-refractivity contribution in [2.75, 3.05) is 11.9 Å². The minimum Gasteiger partial charge on any atom is -0.346 e. The fourth-order valence-corrected chi connectivity index (χ4v) is 2.69. The predicted octanol–water partition coefficient (Wildman–Crippen LogP) is 3.79. The molecule has 6 heteroatoms. The van der Waals surface area contributed by atoms with Crippen molar-refractivity contribution in [3.05, 3.63) is 39.6 Å². The van der Waals surface area contributed by atoms with Crippen LogP contribution in [0.5, 0.6) is 0 Å². The van der Waals surface area contributed by atoms with Gasteiger partial charge >= 0.3 is 0 Å². The SMILES string of the molecule is Cc1nsc(N(C)Cc2cc(Cl)cc(Cl)c2)n1. The second kappa shape index (κ2) is 5.21. The smallest absolute Gasteiger partial charge is 0.205 e. The number of aryl methyl sites for hydroxylation is 1. The maximum atomic E-state index is 5.96. The number of rotatable bonds is 3. The molecule has 0 radical (unpaired) electrons. The zero-order chi connectivity index (χ0) is 12.4.